The summed E-state index contributed by atoms with van der Waals surface area (Å²) in [6, 6.07) is 25.6. The molecule has 0 aromatic heterocycles. The first-order chi connectivity index (χ1) is 21.4. The van der Waals surface area contributed by atoms with E-state index in [0.29, 0.717) is 29.9 Å². The van der Waals surface area contributed by atoms with E-state index in [4.69, 9.17) is 4.74 Å². The van der Waals surface area contributed by atoms with Crippen molar-refractivity contribution in [2.24, 2.45) is 0 Å². The first-order valence-electron chi connectivity index (χ1n) is 15.4. The molecular weight excluding hydrogens is 550 g/mol. The first-order valence-corrected chi connectivity index (χ1v) is 15.4. The van der Waals surface area contributed by atoms with Crippen molar-refractivity contribution in [3.63, 3.8) is 0 Å². The van der Waals surface area contributed by atoms with Gasteiger partial charge in [0, 0.05) is 56.3 Å². The van der Waals surface area contributed by atoms with Crippen molar-refractivity contribution in [2.45, 2.75) is 39.7 Å². The molecule has 0 spiro atoms. The third-order valence-electron chi connectivity index (χ3n) is 8.53. The summed E-state index contributed by atoms with van der Waals surface area (Å²) in [5.74, 6) is -0.817. The number of rotatable bonds is 9. The van der Waals surface area contributed by atoms with E-state index in [-0.39, 0.29) is 37.3 Å². The Morgan fingerprint density at radius 2 is 1.64 bits per heavy atom. The lowest BCUT2D eigenvalue weighted by atomic mass is 9.81. The van der Waals surface area contributed by atoms with Gasteiger partial charge in [-0.15, -0.1) is 0 Å². The number of carbonyl (C=O) groups is 3. The number of hydrogen-bond acceptors (Lipinski definition) is 5. The molecule has 2 heterocycles. The van der Waals surface area contributed by atoms with E-state index >= 15 is 0 Å². The van der Waals surface area contributed by atoms with E-state index in [2.05, 4.69) is 29.2 Å². The van der Waals surface area contributed by atoms with E-state index in [1.165, 1.54) is 5.56 Å². The molecule has 44 heavy (non-hydrogen) atoms. The number of carbonyl (C=O) groups excluding carboxylic acids is 3. The predicted octanol–water partition coefficient (Wildman–Crippen LogP) is 5.82. The molecule has 7 heteroatoms. The molecule has 3 aromatic carbocycles. The van der Waals surface area contributed by atoms with Crippen molar-refractivity contribution < 1.29 is 19.1 Å². The molecule has 0 aliphatic carbocycles. The number of allylic oxidation sites excluding steroid dienone is 1. The minimum atomic E-state index is -0.394. The van der Waals surface area contributed by atoms with E-state index < -0.39 is 5.97 Å². The summed E-state index contributed by atoms with van der Waals surface area (Å²) in [6.07, 6.45) is 4.48. The molecule has 0 radical (unpaired) electrons. The molecule has 7 nitrogen and oxygen atoms in total. The van der Waals surface area contributed by atoms with Crippen molar-refractivity contribution in [3.8, 4) is 0 Å². The maximum absolute atomic E-state index is 13.5. The lowest BCUT2D eigenvalue weighted by molar-refractivity contribution is -0.140. The van der Waals surface area contributed by atoms with E-state index in [1.54, 1.807) is 11.8 Å². The van der Waals surface area contributed by atoms with Gasteiger partial charge >= 0.3 is 5.97 Å². The second kappa shape index (κ2) is 14.3. The minimum absolute atomic E-state index is 0.00427. The van der Waals surface area contributed by atoms with Crippen molar-refractivity contribution in [1.82, 2.24) is 14.7 Å². The van der Waals surface area contributed by atoms with Gasteiger partial charge in [-0.1, -0.05) is 78.9 Å². The van der Waals surface area contributed by atoms with Crippen LogP contribution in [0.4, 0.5) is 0 Å². The topological polar surface area (TPSA) is 70.2 Å². The Bertz CT molecular complexity index is 1550. The van der Waals surface area contributed by atoms with Gasteiger partial charge in [0.2, 0.25) is 5.91 Å². The Kier molecular flexibility index (Phi) is 10.1. The van der Waals surface area contributed by atoms with Gasteiger partial charge in [0.1, 0.15) is 0 Å². The van der Waals surface area contributed by atoms with Crippen LogP contribution in [0.5, 0.6) is 0 Å². The van der Waals surface area contributed by atoms with Crippen molar-refractivity contribution in [2.75, 3.05) is 39.3 Å². The van der Waals surface area contributed by atoms with Gasteiger partial charge in [-0.2, -0.15) is 0 Å². The Labute approximate surface area is 260 Å². The lowest BCUT2D eigenvalue weighted by Gasteiger charge is -2.35. The standard InChI is InChI=1S/C37H41N3O4/c1-4-44-37(43)35-28(3)40(34(41)25-33(35)32-18-9-8-12-27(32)2)26-30-15-10-17-31(24-30)36(42)39-22-20-38(21-23-39)19-11-16-29-13-6-5-7-14-29/h5-18,24,33H,4,19-23,25-26H2,1-3H3/b16-11+. The average molecular weight is 592 g/mol. The zero-order valence-electron chi connectivity index (χ0n) is 25.9. The van der Waals surface area contributed by atoms with Gasteiger partial charge < -0.3 is 14.5 Å². The molecule has 228 valence electrons. The summed E-state index contributed by atoms with van der Waals surface area (Å²) in [7, 11) is 0. The molecule has 0 bridgehead atoms. The zero-order valence-corrected chi connectivity index (χ0v) is 25.9. The number of hydrogen-bond donors (Lipinski definition) is 0. The highest BCUT2D eigenvalue weighted by Crippen LogP contribution is 2.39. The summed E-state index contributed by atoms with van der Waals surface area (Å²) in [4.78, 5) is 46.1. The number of esters is 1. The lowest BCUT2D eigenvalue weighted by Crippen LogP contribution is -2.48. The Balaban J connectivity index is 1.27. The largest absolute Gasteiger partial charge is 0.463 e. The molecule has 0 N–H and O–H groups in total. The summed E-state index contributed by atoms with van der Waals surface area (Å²) in [6.45, 7) is 9.94. The Morgan fingerprint density at radius 1 is 0.909 bits per heavy atom. The second-order valence-corrected chi connectivity index (χ2v) is 11.4. The van der Waals surface area contributed by atoms with E-state index in [0.717, 1.165) is 36.3 Å². The van der Waals surface area contributed by atoms with Crippen LogP contribution in [-0.4, -0.2) is 71.8 Å². The summed E-state index contributed by atoms with van der Waals surface area (Å²) < 4.78 is 5.45. The van der Waals surface area contributed by atoms with Crippen LogP contribution in [0, 0.1) is 6.92 Å². The number of benzene rings is 3. The SMILES string of the molecule is CCOC(=O)C1=C(C)N(Cc2cccc(C(=O)N3CCN(C/C=C/c4ccccc4)CC3)c2)C(=O)CC1c1ccccc1C. The highest BCUT2D eigenvalue weighted by molar-refractivity contribution is 5.96. The van der Waals surface area contributed by atoms with Gasteiger partial charge in [0.05, 0.1) is 18.7 Å². The quantitative estimate of drug-likeness (QED) is 0.294. The van der Waals surface area contributed by atoms with Crippen LogP contribution in [0.3, 0.4) is 0 Å². The van der Waals surface area contributed by atoms with Gasteiger partial charge in [-0.05, 0) is 55.2 Å². The van der Waals surface area contributed by atoms with Gasteiger partial charge in [-0.3, -0.25) is 14.5 Å². The zero-order chi connectivity index (χ0) is 31.1. The van der Waals surface area contributed by atoms with Gasteiger partial charge in [0.15, 0.2) is 0 Å². The van der Waals surface area contributed by atoms with Gasteiger partial charge in [0.25, 0.3) is 5.91 Å². The highest BCUT2D eigenvalue weighted by atomic mass is 16.5. The molecule has 3 aromatic rings. The van der Waals surface area contributed by atoms with Crippen LogP contribution < -0.4 is 0 Å². The predicted molar refractivity (Wildman–Crippen MR) is 173 cm³/mol. The Hall–Kier alpha value is -4.49. The van der Waals surface area contributed by atoms with Crippen molar-refractivity contribution in [3.05, 3.63) is 124 Å². The van der Waals surface area contributed by atoms with Crippen LogP contribution in [0.15, 0.2) is 96.2 Å². The molecule has 2 amide bonds. The number of piperazine rings is 1. The first kappa shape index (κ1) is 31.0. The summed E-state index contributed by atoms with van der Waals surface area (Å²) in [5.41, 5.74) is 5.74. The second-order valence-electron chi connectivity index (χ2n) is 11.4. The molecule has 0 saturated carbocycles. The molecule has 1 atom stereocenters. The van der Waals surface area contributed by atoms with Crippen LogP contribution >= 0.6 is 0 Å². The molecule has 2 aliphatic heterocycles. The van der Waals surface area contributed by atoms with Crippen LogP contribution in [0.25, 0.3) is 6.08 Å². The highest BCUT2D eigenvalue weighted by Gasteiger charge is 2.37. The molecule has 1 saturated heterocycles. The maximum Gasteiger partial charge on any atom is 0.336 e. The van der Waals surface area contributed by atoms with Crippen LogP contribution in [0.1, 0.15) is 58.8 Å². The summed E-state index contributed by atoms with van der Waals surface area (Å²) in [5, 5.41) is 0. The monoisotopic (exact) mass is 591 g/mol. The average Bonchev–Trinajstić information content (AvgIpc) is 3.04. The molecule has 1 fully saturated rings. The fourth-order valence-corrected chi connectivity index (χ4v) is 6.12. The van der Waals surface area contributed by atoms with Gasteiger partial charge in [-0.25, -0.2) is 4.79 Å². The van der Waals surface area contributed by atoms with Crippen LogP contribution in [0.2, 0.25) is 0 Å². The number of ether oxygens (including phenoxy) is 1. The third kappa shape index (κ3) is 7.17. The number of amides is 2. The maximum atomic E-state index is 13.5. The molecular formula is C37H41N3O4. The summed E-state index contributed by atoms with van der Waals surface area (Å²) >= 11 is 0. The van der Waals surface area contributed by atoms with Crippen molar-refractivity contribution in [1.29, 1.82) is 0 Å². The third-order valence-corrected chi connectivity index (χ3v) is 8.53. The fourth-order valence-electron chi connectivity index (χ4n) is 6.12. The van der Waals surface area contributed by atoms with Crippen LogP contribution in [-0.2, 0) is 20.9 Å². The normalized spacial score (nSPS) is 17.8. The number of aryl methyl sites for hydroxylation is 1. The fraction of sp³-hybridized carbons (Fsp3) is 0.324. The minimum Gasteiger partial charge on any atom is -0.463 e. The molecule has 5 rings (SSSR count). The Morgan fingerprint density at radius 3 is 2.36 bits per heavy atom. The molecule has 1 unspecified atom stereocenters. The molecule has 2 aliphatic rings. The van der Waals surface area contributed by atoms with E-state index in [1.807, 2.05) is 85.5 Å². The number of nitrogens with zero attached hydrogens (tertiary/aromatic N) is 3. The van der Waals surface area contributed by atoms with E-state index in [9.17, 15) is 14.4 Å². The smallest absolute Gasteiger partial charge is 0.336 e. The van der Waals surface area contributed by atoms with Crippen molar-refractivity contribution >= 4 is 23.9 Å².